The van der Waals surface area contributed by atoms with Crippen molar-refractivity contribution in [1.82, 2.24) is 9.88 Å². The van der Waals surface area contributed by atoms with E-state index in [9.17, 15) is 4.79 Å². The van der Waals surface area contributed by atoms with Gasteiger partial charge in [-0.2, -0.15) is 0 Å². The highest BCUT2D eigenvalue weighted by molar-refractivity contribution is 6.33. The molecule has 0 spiro atoms. The van der Waals surface area contributed by atoms with Crippen molar-refractivity contribution in [2.75, 3.05) is 37.6 Å². The second-order valence-corrected chi connectivity index (χ2v) is 7.22. The predicted molar refractivity (Wildman–Crippen MR) is 107 cm³/mol. The van der Waals surface area contributed by atoms with Crippen LogP contribution in [0.2, 0.25) is 5.02 Å². The van der Waals surface area contributed by atoms with Crippen LogP contribution in [-0.2, 0) is 0 Å². The lowest BCUT2D eigenvalue weighted by Gasteiger charge is -2.36. The lowest BCUT2D eigenvalue weighted by atomic mass is 10.1. The molecule has 134 valence electrons. The Morgan fingerprint density at radius 3 is 2.50 bits per heavy atom. The van der Waals surface area contributed by atoms with Crippen LogP contribution in [0.3, 0.4) is 0 Å². The molecule has 1 fully saturated rings. The number of aryl methyl sites for hydroxylation is 1. The molecule has 26 heavy (non-hydrogen) atoms. The largest absolute Gasteiger partial charge is 0.368 e. The molecule has 4 rings (SSSR count). The first-order valence-corrected chi connectivity index (χ1v) is 9.33. The van der Waals surface area contributed by atoms with Gasteiger partial charge in [-0.05, 0) is 25.1 Å². The molecule has 0 aliphatic carbocycles. The number of carbonyl (C=O) groups excluding carboxylic acids is 1. The van der Waals surface area contributed by atoms with Crippen molar-refractivity contribution in [3.05, 3.63) is 64.8 Å². The molecule has 0 radical (unpaired) electrons. The first-order valence-electron chi connectivity index (χ1n) is 8.96. The van der Waals surface area contributed by atoms with E-state index in [4.69, 9.17) is 11.6 Å². The number of halogens is 1. The van der Waals surface area contributed by atoms with E-state index >= 15 is 0 Å². The van der Waals surface area contributed by atoms with Gasteiger partial charge in [0.15, 0.2) is 5.78 Å². The van der Waals surface area contributed by atoms with E-state index < -0.39 is 0 Å². The van der Waals surface area contributed by atoms with Crippen LogP contribution in [0, 0.1) is 6.92 Å². The highest BCUT2D eigenvalue weighted by Crippen LogP contribution is 2.26. The van der Waals surface area contributed by atoms with E-state index in [-0.39, 0.29) is 5.78 Å². The maximum atomic E-state index is 12.9. The van der Waals surface area contributed by atoms with Crippen LogP contribution < -0.4 is 4.90 Å². The summed E-state index contributed by atoms with van der Waals surface area (Å²) in [5.41, 5.74) is 3.88. The average Bonchev–Trinajstić information content (AvgIpc) is 2.99. The van der Waals surface area contributed by atoms with Crippen molar-refractivity contribution < 1.29 is 4.79 Å². The molecular formula is C21H22ClN3O. The Morgan fingerprint density at radius 1 is 1.04 bits per heavy atom. The number of nitrogens with one attached hydrogen (secondary N) is 1. The number of fused-ring (bicyclic) bond motifs is 1. The second-order valence-electron chi connectivity index (χ2n) is 6.81. The number of H-pyrrole nitrogens is 1. The Morgan fingerprint density at radius 2 is 1.73 bits per heavy atom. The van der Waals surface area contributed by atoms with Crippen molar-refractivity contribution >= 4 is 34.0 Å². The fourth-order valence-electron chi connectivity index (χ4n) is 3.77. The van der Waals surface area contributed by atoms with Crippen LogP contribution in [0.1, 0.15) is 16.1 Å². The van der Waals surface area contributed by atoms with E-state index in [0.717, 1.165) is 59.0 Å². The maximum absolute atomic E-state index is 12.9. The lowest BCUT2D eigenvalue weighted by Crippen LogP contribution is -2.48. The number of benzene rings is 2. The molecule has 3 aromatic rings. The summed E-state index contributed by atoms with van der Waals surface area (Å²) in [5.74, 6) is 0.186. The van der Waals surface area contributed by atoms with Crippen molar-refractivity contribution in [3.63, 3.8) is 0 Å². The average molecular weight is 368 g/mol. The summed E-state index contributed by atoms with van der Waals surface area (Å²) in [6.07, 6.45) is 0. The summed E-state index contributed by atoms with van der Waals surface area (Å²) in [6, 6.07) is 15.9. The standard InChI is InChI=1S/C21H22ClN3O/c1-15-21(16-6-2-4-8-18(16)23-15)20(26)14-24-10-12-25(13-11-24)19-9-5-3-7-17(19)22/h2-9,23H,10-14H2,1H3. The van der Waals surface area contributed by atoms with Crippen molar-refractivity contribution in [2.45, 2.75) is 6.92 Å². The molecule has 1 N–H and O–H groups in total. The van der Waals surface area contributed by atoms with E-state index in [2.05, 4.69) is 20.9 Å². The number of aromatic nitrogens is 1. The summed E-state index contributed by atoms with van der Waals surface area (Å²) in [6.45, 7) is 5.91. The fourth-order valence-corrected chi connectivity index (χ4v) is 4.03. The van der Waals surface area contributed by atoms with Crippen LogP contribution >= 0.6 is 11.6 Å². The number of carbonyl (C=O) groups is 1. The van der Waals surface area contributed by atoms with Crippen molar-refractivity contribution in [2.24, 2.45) is 0 Å². The number of hydrogen-bond acceptors (Lipinski definition) is 3. The first-order chi connectivity index (χ1) is 12.6. The quantitative estimate of drug-likeness (QED) is 0.704. The molecule has 5 heteroatoms. The predicted octanol–water partition coefficient (Wildman–Crippen LogP) is 4.13. The number of rotatable bonds is 4. The summed E-state index contributed by atoms with van der Waals surface area (Å²) >= 11 is 6.31. The zero-order valence-corrected chi connectivity index (χ0v) is 15.6. The molecule has 1 aliphatic rings. The molecular weight excluding hydrogens is 346 g/mol. The van der Waals surface area contributed by atoms with Gasteiger partial charge >= 0.3 is 0 Å². The number of nitrogens with zero attached hydrogens (tertiary/aromatic N) is 2. The van der Waals surface area contributed by atoms with Crippen molar-refractivity contribution in [3.8, 4) is 0 Å². The smallest absolute Gasteiger partial charge is 0.179 e. The molecule has 2 aromatic carbocycles. The topological polar surface area (TPSA) is 39.3 Å². The maximum Gasteiger partial charge on any atom is 0.179 e. The first kappa shape index (κ1) is 17.1. The Bertz CT molecular complexity index is 941. The Labute approximate surface area is 158 Å². The van der Waals surface area contributed by atoms with Gasteiger partial charge in [-0.1, -0.05) is 41.9 Å². The van der Waals surface area contributed by atoms with Crippen LogP contribution in [0.5, 0.6) is 0 Å². The fraction of sp³-hybridized carbons (Fsp3) is 0.286. The van der Waals surface area contributed by atoms with Gasteiger partial charge < -0.3 is 9.88 Å². The van der Waals surface area contributed by atoms with E-state index in [0.29, 0.717) is 6.54 Å². The zero-order valence-electron chi connectivity index (χ0n) is 14.8. The van der Waals surface area contributed by atoms with Crippen molar-refractivity contribution in [1.29, 1.82) is 0 Å². The molecule has 2 heterocycles. The number of hydrogen-bond donors (Lipinski definition) is 1. The minimum atomic E-state index is 0.186. The molecule has 0 atom stereocenters. The Kier molecular flexibility index (Phi) is 4.70. The summed E-state index contributed by atoms with van der Waals surface area (Å²) in [5, 5.41) is 1.80. The van der Waals surface area contributed by atoms with E-state index in [1.807, 2.05) is 49.4 Å². The zero-order chi connectivity index (χ0) is 18.1. The number of ketones is 1. The van der Waals surface area contributed by atoms with Crippen LogP contribution in [0.25, 0.3) is 10.9 Å². The second kappa shape index (κ2) is 7.14. The molecule has 1 aliphatic heterocycles. The lowest BCUT2D eigenvalue weighted by molar-refractivity contribution is 0.0927. The third-order valence-corrected chi connectivity index (χ3v) is 5.42. The third-order valence-electron chi connectivity index (χ3n) is 5.11. The molecule has 0 saturated carbocycles. The van der Waals surface area contributed by atoms with Gasteiger partial charge in [0, 0.05) is 48.3 Å². The van der Waals surface area contributed by atoms with Gasteiger partial charge in [-0.3, -0.25) is 9.69 Å². The van der Waals surface area contributed by atoms with Gasteiger partial charge in [0.25, 0.3) is 0 Å². The van der Waals surface area contributed by atoms with Gasteiger partial charge in [0.2, 0.25) is 0 Å². The molecule has 0 bridgehead atoms. The minimum Gasteiger partial charge on any atom is -0.368 e. The van der Waals surface area contributed by atoms with Crippen LogP contribution in [-0.4, -0.2) is 48.4 Å². The number of anilines is 1. The molecule has 0 amide bonds. The monoisotopic (exact) mass is 367 g/mol. The van der Waals surface area contributed by atoms with E-state index in [1.54, 1.807) is 0 Å². The van der Waals surface area contributed by atoms with Gasteiger partial charge in [0.05, 0.1) is 17.3 Å². The summed E-state index contributed by atoms with van der Waals surface area (Å²) in [7, 11) is 0. The van der Waals surface area contributed by atoms with Crippen LogP contribution in [0.15, 0.2) is 48.5 Å². The Balaban J connectivity index is 1.43. The molecule has 0 unspecified atom stereocenters. The highest BCUT2D eigenvalue weighted by Gasteiger charge is 2.23. The molecule has 4 nitrogen and oxygen atoms in total. The van der Waals surface area contributed by atoms with Gasteiger partial charge in [0.1, 0.15) is 0 Å². The normalized spacial score (nSPS) is 15.5. The van der Waals surface area contributed by atoms with E-state index in [1.165, 1.54) is 0 Å². The molecule has 1 saturated heterocycles. The SMILES string of the molecule is Cc1[nH]c2ccccc2c1C(=O)CN1CCN(c2ccccc2Cl)CC1. The van der Waals surface area contributed by atoms with Crippen LogP contribution in [0.4, 0.5) is 5.69 Å². The van der Waals surface area contributed by atoms with Gasteiger partial charge in [-0.15, -0.1) is 0 Å². The third kappa shape index (κ3) is 3.22. The number of piperazine rings is 1. The van der Waals surface area contributed by atoms with Gasteiger partial charge in [-0.25, -0.2) is 0 Å². The number of aromatic amines is 1. The number of Topliss-reactive ketones (excluding diaryl/α,β-unsaturated/α-hetero) is 1. The summed E-state index contributed by atoms with van der Waals surface area (Å²) in [4.78, 5) is 20.8. The minimum absolute atomic E-state index is 0.186. The molecule has 1 aromatic heterocycles. The number of para-hydroxylation sites is 2. The summed E-state index contributed by atoms with van der Waals surface area (Å²) < 4.78 is 0. The highest BCUT2D eigenvalue weighted by atomic mass is 35.5. The Hall–Kier alpha value is -2.30.